The van der Waals surface area contributed by atoms with Crippen LogP contribution in [-0.2, 0) is 16.4 Å². The second kappa shape index (κ2) is 10.8. The third-order valence-corrected chi connectivity index (χ3v) is 9.33. The number of pyridine rings is 1. The van der Waals surface area contributed by atoms with Gasteiger partial charge in [0, 0.05) is 29.4 Å². The average Bonchev–Trinajstić information content (AvgIpc) is 3.34. The Morgan fingerprint density at radius 1 is 0.850 bits per heavy atom. The molecule has 0 radical (unpaired) electrons. The number of anilines is 1. The highest BCUT2D eigenvalue weighted by molar-refractivity contribution is 7.15. The van der Waals surface area contributed by atoms with Crippen LogP contribution in [0.1, 0.15) is 117 Å². The third kappa shape index (κ3) is 6.54. The molecular formula is C34H50N4OS. The number of thiazole rings is 1. The number of hydrogen-bond donors (Lipinski definition) is 1. The summed E-state index contributed by atoms with van der Waals surface area (Å²) in [7, 11) is 0. The van der Waals surface area contributed by atoms with E-state index in [4.69, 9.17) is 15.5 Å². The maximum Gasteiger partial charge on any atom is 0.166 e. The lowest BCUT2D eigenvalue weighted by Gasteiger charge is -2.40. The molecule has 6 heteroatoms. The Labute approximate surface area is 246 Å². The summed E-state index contributed by atoms with van der Waals surface area (Å²) in [5.41, 5.74) is 10.8. The summed E-state index contributed by atoms with van der Waals surface area (Å²) in [4.78, 5) is 13.1. The van der Waals surface area contributed by atoms with Crippen molar-refractivity contribution in [1.29, 1.82) is 0 Å². The number of likely N-dealkylation sites (tertiary alicyclic amines) is 1. The number of nitrogen functional groups attached to an aromatic ring is 1. The number of hydrogen-bond acceptors (Lipinski definition) is 6. The average molecular weight is 563 g/mol. The quantitative estimate of drug-likeness (QED) is 0.337. The Bertz CT molecular complexity index is 1330. The van der Waals surface area contributed by atoms with E-state index in [0.717, 1.165) is 36.4 Å². The van der Waals surface area contributed by atoms with Gasteiger partial charge in [0.2, 0.25) is 0 Å². The molecule has 5 nitrogen and oxygen atoms in total. The molecule has 2 N–H and O–H groups in total. The summed E-state index contributed by atoms with van der Waals surface area (Å²) in [6, 6.07) is 8.64. The van der Waals surface area contributed by atoms with Crippen molar-refractivity contribution in [3.8, 4) is 16.2 Å². The SMILES string of the molecule is CC(C)(C)c1cccc(C(C)(C)Oc2cc(-c3cnc(C4CCN(C(C)(C)C)CC4)s3)cnc2N)c1C(C)(C)C. The molecule has 0 aliphatic carbocycles. The Kier molecular flexibility index (Phi) is 8.21. The molecule has 0 atom stereocenters. The van der Waals surface area contributed by atoms with Crippen LogP contribution in [0.25, 0.3) is 10.4 Å². The Balaban J connectivity index is 1.61. The van der Waals surface area contributed by atoms with Gasteiger partial charge in [-0.1, -0.05) is 59.7 Å². The molecule has 0 bridgehead atoms. The molecule has 1 saturated heterocycles. The van der Waals surface area contributed by atoms with E-state index in [-0.39, 0.29) is 16.4 Å². The largest absolute Gasteiger partial charge is 0.479 e. The zero-order valence-corrected chi connectivity index (χ0v) is 27.4. The first kappa shape index (κ1) is 30.5. The van der Waals surface area contributed by atoms with Gasteiger partial charge in [0.05, 0.1) is 9.88 Å². The maximum absolute atomic E-state index is 6.74. The van der Waals surface area contributed by atoms with Crippen molar-refractivity contribution in [3.63, 3.8) is 0 Å². The van der Waals surface area contributed by atoms with Crippen molar-refractivity contribution in [2.45, 2.75) is 117 Å². The summed E-state index contributed by atoms with van der Waals surface area (Å²) < 4.78 is 6.74. The fourth-order valence-corrected chi connectivity index (χ4v) is 6.96. The van der Waals surface area contributed by atoms with Gasteiger partial charge >= 0.3 is 0 Å². The van der Waals surface area contributed by atoms with Crippen LogP contribution in [0.15, 0.2) is 36.7 Å². The standard InChI is InChI=1S/C34H50N4OS/c1-31(2,3)24-13-12-14-25(28(24)32(4,5)6)34(10,11)39-26-19-23(20-36-29(26)35)27-21-37-30(40-27)22-15-17-38(18-16-22)33(7,8)9/h12-14,19-22H,15-18H2,1-11H3,(H2,35,36). The molecule has 3 heterocycles. The lowest BCUT2D eigenvalue weighted by Crippen LogP contribution is -2.45. The molecule has 40 heavy (non-hydrogen) atoms. The number of piperidine rings is 1. The monoisotopic (exact) mass is 562 g/mol. The normalized spacial score (nSPS) is 16.4. The molecule has 1 fully saturated rings. The minimum absolute atomic E-state index is 0.0163. The highest BCUT2D eigenvalue weighted by Crippen LogP contribution is 2.43. The van der Waals surface area contributed by atoms with E-state index in [2.05, 4.69) is 104 Å². The molecular weight excluding hydrogens is 512 g/mol. The number of benzene rings is 1. The summed E-state index contributed by atoms with van der Waals surface area (Å²) >= 11 is 1.77. The van der Waals surface area contributed by atoms with E-state index in [9.17, 15) is 0 Å². The van der Waals surface area contributed by atoms with Gasteiger partial charge < -0.3 is 10.5 Å². The Morgan fingerprint density at radius 3 is 2.05 bits per heavy atom. The molecule has 0 saturated carbocycles. The van der Waals surface area contributed by atoms with Gasteiger partial charge in [0.1, 0.15) is 5.60 Å². The van der Waals surface area contributed by atoms with Crippen LogP contribution in [0, 0.1) is 0 Å². The number of nitrogens with two attached hydrogens (primary N) is 1. The molecule has 1 aliphatic heterocycles. The fourth-order valence-electron chi connectivity index (χ4n) is 5.90. The smallest absolute Gasteiger partial charge is 0.166 e. The zero-order chi connectivity index (χ0) is 29.7. The lowest BCUT2D eigenvalue weighted by molar-refractivity contribution is 0.102. The van der Waals surface area contributed by atoms with Crippen LogP contribution >= 0.6 is 11.3 Å². The van der Waals surface area contributed by atoms with Crippen molar-refractivity contribution in [2.75, 3.05) is 18.8 Å². The van der Waals surface area contributed by atoms with Crippen LogP contribution in [-0.4, -0.2) is 33.5 Å². The molecule has 3 aromatic rings. The van der Waals surface area contributed by atoms with Gasteiger partial charge in [-0.3, -0.25) is 4.90 Å². The highest BCUT2D eigenvalue weighted by atomic mass is 32.1. The molecule has 0 amide bonds. The Hall–Kier alpha value is -2.44. The number of aromatic nitrogens is 2. The first-order valence-electron chi connectivity index (χ1n) is 14.7. The summed E-state index contributed by atoms with van der Waals surface area (Å²) in [6.07, 6.45) is 6.13. The van der Waals surface area contributed by atoms with Crippen molar-refractivity contribution in [2.24, 2.45) is 0 Å². The number of rotatable bonds is 5. The molecule has 0 spiro atoms. The fraction of sp³-hybridized carbons (Fsp3) is 0.588. The molecule has 1 aliphatic rings. The van der Waals surface area contributed by atoms with Crippen LogP contribution in [0.3, 0.4) is 0 Å². The van der Waals surface area contributed by atoms with Crippen LogP contribution in [0.2, 0.25) is 0 Å². The van der Waals surface area contributed by atoms with Gasteiger partial charge in [-0.25, -0.2) is 9.97 Å². The van der Waals surface area contributed by atoms with Gasteiger partial charge in [-0.2, -0.15) is 0 Å². The van der Waals surface area contributed by atoms with Crippen LogP contribution in [0.5, 0.6) is 5.75 Å². The van der Waals surface area contributed by atoms with Gasteiger partial charge in [-0.05, 0) is 94.1 Å². The molecule has 4 rings (SSSR count). The maximum atomic E-state index is 6.74. The van der Waals surface area contributed by atoms with Crippen molar-refractivity contribution >= 4 is 17.2 Å². The molecule has 2 aromatic heterocycles. The van der Waals surface area contributed by atoms with E-state index in [1.807, 2.05) is 18.5 Å². The van der Waals surface area contributed by atoms with Crippen LogP contribution in [0.4, 0.5) is 5.82 Å². The second-order valence-electron chi connectivity index (χ2n) is 14.9. The minimum atomic E-state index is -0.613. The Morgan fingerprint density at radius 2 is 1.48 bits per heavy atom. The van der Waals surface area contributed by atoms with E-state index >= 15 is 0 Å². The minimum Gasteiger partial charge on any atom is -0.479 e. The van der Waals surface area contributed by atoms with E-state index < -0.39 is 5.60 Å². The van der Waals surface area contributed by atoms with Crippen molar-refractivity contribution in [3.05, 3.63) is 58.4 Å². The van der Waals surface area contributed by atoms with Gasteiger partial charge in [0.15, 0.2) is 11.6 Å². The van der Waals surface area contributed by atoms with Crippen molar-refractivity contribution < 1.29 is 4.74 Å². The van der Waals surface area contributed by atoms with Crippen LogP contribution < -0.4 is 10.5 Å². The third-order valence-electron chi connectivity index (χ3n) is 8.12. The first-order chi connectivity index (χ1) is 18.4. The van der Waals surface area contributed by atoms with E-state index in [0.29, 0.717) is 17.5 Å². The summed E-state index contributed by atoms with van der Waals surface area (Å²) in [6.45, 7) is 27.1. The number of nitrogens with zero attached hydrogens (tertiary/aromatic N) is 3. The molecule has 1 aromatic carbocycles. The topological polar surface area (TPSA) is 64.3 Å². The predicted octanol–water partition coefficient (Wildman–Crippen LogP) is 8.67. The van der Waals surface area contributed by atoms with E-state index in [1.165, 1.54) is 21.7 Å². The lowest BCUT2D eigenvalue weighted by atomic mass is 9.71. The summed E-state index contributed by atoms with van der Waals surface area (Å²) in [5.74, 6) is 1.53. The van der Waals surface area contributed by atoms with Gasteiger partial charge in [0.25, 0.3) is 0 Å². The zero-order valence-electron chi connectivity index (χ0n) is 26.6. The summed E-state index contributed by atoms with van der Waals surface area (Å²) in [5, 5.41) is 1.22. The number of ether oxygens (including phenoxy) is 1. The molecule has 218 valence electrons. The highest BCUT2D eigenvalue weighted by Gasteiger charge is 2.35. The van der Waals surface area contributed by atoms with Gasteiger partial charge in [-0.15, -0.1) is 11.3 Å². The van der Waals surface area contributed by atoms with Crippen molar-refractivity contribution in [1.82, 2.24) is 14.9 Å². The van der Waals surface area contributed by atoms with E-state index in [1.54, 1.807) is 11.3 Å². The molecule has 0 unspecified atom stereocenters. The second-order valence-corrected chi connectivity index (χ2v) is 16.0. The first-order valence-corrected chi connectivity index (χ1v) is 15.5. The predicted molar refractivity (Wildman–Crippen MR) is 171 cm³/mol.